The first-order valence-corrected chi connectivity index (χ1v) is 15.0. The standard InChI is InChI=1S/C28H24ClN3O6S2/c1-38-17-8-11(2-7-16(17)33)19-20-14-9-15(23(20)39-25-24(19)40-28(37)31-25)22-21(14)26(35)32(27(22)36)10-18(34)30-13-5-3-12(29)4-6-13/h2-8,14-15,19-23,33H,9-10H2,1H3,(H,30,34)(H,31,37). The third-order valence-corrected chi connectivity index (χ3v) is 11.6. The molecule has 12 heteroatoms. The van der Waals surface area contributed by atoms with Crippen LogP contribution in [0.3, 0.4) is 0 Å². The Morgan fingerprint density at radius 2 is 1.85 bits per heavy atom. The number of nitrogens with zero attached hydrogens (tertiary/aromatic N) is 1. The third kappa shape index (κ3) is 3.82. The van der Waals surface area contributed by atoms with Gasteiger partial charge in [0, 0.05) is 26.8 Å². The van der Waals surface area contributed by atoms with E-state index in [1.807, 2.05) is 6.07 Å². The number of rotatable bonds is 5. The van der Waals surface area contributed by atoms with Crippen molar-refractivity contribution in [2.24, 2.45) is 29.6 Å². The molecule has 1 aromatic heterocycles. The molecule has 3 N–H and O–H groups in total. The minimum Gasteiger partial charge on any atom is -0.504 e. The molecule has 3 fully saturated rings. The number of H-pyrrole nitrogens is 1. The number of benzene rings is 2. The normalized spacial score (nSPS) is 29.8. The Hall–Kier alpha value is -3.28. The first-order valence-electron chi connectivity index (χ1n) is 12.9. The Labute approximate surface area is 241 Å². The number of aromatic hydroxyl groups is 1. The maximum atomic E-state index is 13.7. The fraction of sp³-hybridized carbons (Fsp3) is 0.357. The van der Waals surface area contributed by atoms with E-state index in [0.29, 0.717) is 16.5 Å². The number of anilines is 1. The Bertz CT molecular complexity index is 1620. The number of phenolic OH excluding ortho intramolecular Hbond substituents is 1. The molecule has 0 radical (unpaired) electrons. The van der Waals surface area contributed by atoms with Gasteiger partial charge in [-0.15, -0.1) is 11.8 Å². The lowest BCUT2D eigenvalue weighted by atomic mass is 9.68. The van der Waals surface area contributed by atoms with Crippen LogP contribution in [0.15, 0.2) is 52.3 Å². The van der Waals surface area contributed by atoms with Gasteiger partial charge in [0.25, 0.3) is 0 Å². The van der Waals surface area contributed by atoms with Crippen molar-refractivity contribution in [1.82, 2.24) is 9.88 Å². The first-order chi connectivity index (χ1) is 19.2. The van der Waals surface area contributed by atoms with Crippen LogP contribution in [0, 0.1) is 29.6 Å². The number of phenols is 1. The number of amides is 3. The van der Waals surface area contributed by atoms with Gasteiger partial charge in [-0.05, 0) is 66.1 Å². The molecule has 2 aliphatic heterocycles. The van der Waals surface area contributed by atoms with E-state index in [1.54, 1.807) is 48.2 Å². The van der Waals surface area contributed by atoms with E-state index in [2.05, 4.69) is 10.3 Å². The van der Waals surface area contributed by atoms with Gasteiger partial charge < -0.3 is 20.1 Å². The fourth-order valence-electron chi connectivity index (χ4n) is 7.37. The van der Waals surface area contributed by atoms with Crippen molar-refractivity contribution in [2.45, 2.75) is 22.6 Å². The molecular weight excluding hydrogens is 574 g/mol. The molecule has 2 aromatic carbocycles. The van der Waals surface area contributed by atoms with E-state index in [4.69, 9.17) is 16.3 Å². The lowest BCUT2D eigenvalue weighted by Gasteiger charge is -2.43. The van der Waals surface area contributed by atoms with Crippen molar-refractivity contribution in [1.29, 1.82) is 0 Å². The highest BCUT2D eigenvalue weighted by Gasteiger charge is 2.69. The Morgan fingerprint density at radius 3 is 2.58 bits per heavy atom. The van der Waals surface area contributed by atoms with Gasteiger partial charge in [-0.25, -0.2) is 0 Å². The van der Waals surface area contributed by atoms with Gasteiger partial charge in [-0.1, -0.05) is 29.0 Å². The van der Waals surface area contributed by atoms with Gasteiger partial charge in [-0.3, -0.25) is 24.1 Å². The van der Waals surface area contributed by atoms with Crippen molar-refractivity contribution >= 4 is 58.1 Å². The van der Waals surface area contributed by atoms with Crippen LogP contribution in [0.5, 0.6) is 11.5 Å². The number of hydrogen-bond donors (Lipinski definition) is 3. The van der Waals surface area contributed by atoms with Crippen molar-refractivity contribution in [2.75, 3.05) is 19.0 Å². The predicted molar refractivity (Wildman–Crippen MR) is 150 cm³/mol. The van der Waals surface area contributed by atoms with Crippen molar-refractivity contribution < 1.29 is 24.2 Å². The van der Waals surface area contributed by atoms with Crippen LogP contribution >= 0.6 is 34.7 Å². The molecule has 3 aromatic rings. The van der Waals surface area contributed by atoms with E-state index < -0.39 is 17.7 Å². The van der Waals surface area contributed by atoms with Crippen molar-refractivity contribution in [3.63, 3.8) is 0 Å². The second-order valence-corrected chi connectivity index (χ2v) is 13.3. The molecule has 0 spiro atoms. The smallest absolute Gasteiger partial charge is 0.305 e. The minimum atomic E-state index is -0.499. The fourth-order valence-corrected chi connectivity index (χ4v) is 10.4. The molecule has 3 heterocycles. The van der Waals surface area contributed by atoms with Crippen LogP contribution in [0.2, 0.25) is 5.02 Å². The first kappa shape index (κ1) is 25.7. The molecule has 40 heavy (non-hydrogen) atoms. The Kier molecular flexibility index (Phi) is 6.03. The van der Waals surface area contributed by atoms with Gasteiger partial charge in [-0.2, -0.15) is 0 Å². The lowest BCUT2D eigenvalue weighted by Crippen LogP contribution is -2.42. The second-order valence-electron chi connectivity index (χ2n) is 10.7. The number of methoxy groups -OCH3 is 1. The molecular formula is C28H24ClN3O6S2. The summed E-state index contributed by atoms with van der Waals surface area (Å²) in [5.74, 6) is -1.98. The summed E-state index contributed by atoms with van der Waals surface area (Å²) in [5, 5.41) is 14.3. The highest BCUT2D eigenvalue weighted by Crippen LogP contribution is 2.68. The monoisotopic (exact) mass is 597 g/mol. The largest absolute Gasteiger partial charge is 0.504 e. The van der Waals surface area contributed by atoms with E-state index in [0.717, 1.165) is 26.8 Å². The summed E-state index contributed by atoms with van der Waals surface area (Å²) < 4.78 is 5.37. The molecule has 1 saturated heterocycles. The molecule has 2 saturated carbocycles. The van der Waals surface area contributed by atoms with Crippen LogP contribution in [0.1, 0.15) is 22.8 Å². The number of thioether (sulfide) groups is 1. The van der Waals surface area contributed by atoms with Crippen LogP contribution in [-0.2, 0) is 14.4 Å². The second kappa shape index (κ2) is 9.39. The zero-order chi connectivity index (χ0) is 27.9. The topological polar surface area (TPSA) is 129 Å². The number of thiazole rings is 1. The number of imide groups is 1. The summed E-state index contributed by atoms with van der Waals surface area (Å²) in [6, 6.07) is 11.8. The lowest BCUT2D eigenvalue weighted by molar-refractivity contribution is -0.143. The van der Waals surface area contributed by atoms with Gasteiger partial charge in [0.2, 0.25) is 17.7 Å². The van der Waals surface area contributed by atoms with Gasteiger partial charge in [0.05, 0.1) is 24.0 Å². The maximum absolute atomic E-state index is 13.7. The average molecular weight is 598 g/mol. The SMILES string of the molecule is COc1cc(C2c3sc(=O)[nH]c3SC3C4CC(C5C(=O)N(CC(=O)Nc6ccc(Cl)cc6)C(=O)C45)C23)ccc1O. The molecule has 7 unspecified atom stereocenters. The minimum absolute atomic E-state index is 0.00374. The summed E-state index contributed by atoms with van der Waals surface area (Å²) in [4.78, 5) is 57.4. The number of aromatic amines is 1. The number of carbonyl (C=O) groups is 3. The van der Waals surface area contributed by atoms with Gasteiger partial charge >= 0.3 is 4.87 Å². The quantitative estimate of drug-likeness (QED) is 0.380. The number of halogens is 1. The molecule has 206 valence electrons. The average Bonchev–Trinajstić information content (AvgIpc) is 3.66. The number of likely N-dealkylation sites (tertiary alicyclic amines) is 1. The highest BCUT2D eigenvalue weighted by molar-refractivity contribution is 8.00. The molecule has 4 aliphatic rings. The van der Waals surface area contributed by atoms with E-state index in [1.165, 1.54) is 18.4 Å². The number of ether oxygens (including phenoxy) is 1. The van der Waals surface area contributed by atoms with Crippen LogP contribution < -0.4 is 14.9 Å². The number of carbonyl (C=O) groups excluding carboxylic acids is 3. The number of aromatic nitrogens is 1. The molecule has 7 rings (SSSR count). The third-order valence-electron chi connectivity index (χ3n) is 8.81. The maximum Gasteiger partial charge on any atom is 0.305 e. The summed E-state index contributed by atoms with van der Waals surface area (Å²) >= 11 is 8.68. The van der Waals surface area contributed by atoms with Gasteiger partial charge in [0.15, 0.2) is 11.5 Å². The number of nitrogens with one attached hydrogen (secondary N) is 2. The summed E-state index contributed by atoms with van der Waals surface area (Å²) in [6.45, 7) is -0.339. The molecule has 3 amide bonds. The number of hydrogen-bond acceptors (Lipinski definition) is 8. The van der Waals surface area contributed by atoms with E-state index >= 15 is 0 Å². The zero-order valence-electron chi connectivity index (χ0n) is 21.1. The Morgan fingerprint density at radius 1 is 1.12 bits per heavy atom. The zero-order valence-corrected chi connectivity index (χ0v) is 23.5. The molecule has 2 aliphatic carbocycles. The van der Waals surface area contributed by atoms with Gasteiger partial charge in [0.1, 0.15) is 6.54 Å². The van der Waals surface area contributed by atoms with Crippen molar-refractivity contribution in [3.8, 4) is 11.5 Å². The van der Waals surface area contributed by atoms with Crippen LogP contribution in [0.25, 0.3) is 0 Å². The predicted octanol–water partition coefficient (Wildman–Crippen LogP) is 3.92. The summed E-state index contributed by atoms with van der Waals surface area (Å²) in [7, 11) is 1.49. The molecule has 9 nitrogen and oxygen atoms in total. The van der Waals surface area contributed by atoms with Crippen molar-refractivity contribution in [3.05, 3.63) is 67.6 Å². The van der Waals surface area contributed by atoms with Crippen LogP contribution in [-0.4, -0.2) is 51.6 Å². The molecule has 7 atom stereocenters. The Balaban J connectivity index is 1.20. The highest BCUT2D eigenvalue weighted by atomic mass is 35.5. The molecule has 2 bridgehead atoms. The summed E-state index contributed by atoms with van der Waals surface area (Å²) in [5.41, 5.74) is 1.42. The van der Waals surface area contributed by atoms with E-state index in [-0.39, 0.29) is 57.9 Å². The van der Waals surface area contributed by atoms with E-state index in [9.17, 15) is 24.3 Å². The summed E-state index contributed by atoms with van der Waals surface area (Å²) in [6.07, 6.45) is 0.741. The van der Waals surface area contributed by atoms with Crippen LogP contribution in [0.4, 0.5) is 5.69 Å². The number of fused-ring (bicyclic) bond motifs is 9.